The normalized spacial score (nSPS) is 22.0. The highest BCUT2D eigenvalue weighted by Gasteiger charge is 2.22. The Morgan fingerprint density at radius 2 is 2.05 bits per heavy atom. The molecular weight excluding hydrogens is 240 g/mol. The number of rotatable bonds is 3. The van der Waals surface area contributed by atoms with Gasteiger partial charge < -0.3 is 10.6 Å². The van der Waals surface area contributed by atoms with Crippen molar-refractivity contribution in [1.82, 2.24) is 5.32 Å². The molecule has 1 aliphatic rings. The monoisotopic (exact) mass is 260 g/mol. The third-order valence-corrected chi connectivity index (χ3v) is 3.56. The Morgan fingerprint density at radius 3 is 2.68 bits per heavy atom. The Morgan fingerprint density at radius 1 is 1.26 bits per heavy atom. The number of anilines is 1. The van der Waals surface area contributed by atoms with Gasteiger partial charge in [0, 0.05) is 17.3 Å². The molecule has 1 fully saturated rings. The molecule has 2 amide bonds. The van der Waals surface area contributed by atoms with Gasteiger partial charge in [-0.1, -0.05) is 19.1 Å². The molecule has 0 aromatic heterocycles. The van der Waals surface area contributed by atoms with Crippen molar-refractivity contribution in [2.45, 2.75) is 39.2 Å². The topological polar surface area (TPSA) is 58.2 Å². The Kier molecular flexibility index (Phi) is 4.20. The van der Waals surface area contributed by atoms with E-state index in [0.717, 1.165) is 12.8 Å². The Hall–Kier alpha value is -1.84. The first-order chi connectivity index (χ1) is 9.04. The van der Waals surface area contributed by atoms with E-state index in [0.29, 0.717) is 17.2 Å². The van der Waals surface area contributed by atoms with Crippen LogP contribution in [0.2, 0.25) is 0 Å². The molecule has 0 saturated heterocycles. The second-order valence-corrected chi connectivity index (χ2v) is 5.35. The first-order valence-corrected chi connectivity index (χ1v) is 6.73. The van der Waals surface area contributed by atoms with Crippen LogP contribution >= 0.6 is 0 Å². The van der Waals surface area contributed by atoms with E-state index in [1.165, 1.54) is 13.3 Å². The summed E-state index contributed by atoms with van der Waals surface area (Å²) in [5.41, 5.74) is 1.25. The van der Waals surface area contributed by atoms with Gasteiger partial charge in [0.05, 0.1) is 0 Å². The van der Waals surface area contributed by atoms with E-state index in [1.54, 1.807) is 24.3 Å². The minimum absolute atomic E-state index is 0.00586. The van der Waals surface area contributed by atoms with Crippen molar-refractivity contribution in [3.8, 4) is 0 Å². The second-order valence-electron chi connectivity index (χ2n) is 5.35. The maximum atomic E-state index is 11.8. The Labute approximate surface area is 113 Å². The zero-order valence-electron chi connectivity index (χ0n) is 11.4. The van der Waals surface area contributed by atoms with Gasteiger partial charge in [0.2, 0.25) is 0 Å². The molecule has 2 N–H and O–H groups in total. The zero-order valence-corrected chi connectivity index (χ0v) is 11.4. The lowest BCUT2D eigenvalue weighted by atomic mass is 10.1. The number of nitrogens with one attached hydrogen (secondary N) is 2. The van der Waals surface area contributed by atoms with Crippen LogP contribution in [-0.2, 0) is 0 Å². The highest BCUT2D eigenvalue weighted by Crippen LogP contribution is 2.24. The number of benzene rings is 1. The predicted octanol–water partition coefficient (Wildman–Crippen LogP) is 3.20. The lowest BCUT2D eigenvalue weighted by Crippen LogP contribution is -2.36. The minimum atomic E-state index is -0.195. The Balaban J connectivity index is 1.91. The molecule has 4 heteroatoms. The average Bonchev–Trinajstić information content (AvgIpc) is 2.74. The summed E-state index contributed by atoms with van der Waals surface area (Å²) in [6.45, 7) is 3.72. The number of urea groups is 1. The summed E-state index contributed by atoms with van der Waals surface area (Å²) in [5.74, 6) is 0.681. The molecular formula is C15H20N2O2. The number of amides is 2. The molecule has 2 atom stereocenters. The smallest absolute Gasteiger partial charge is 0.319 e. The van der Waals surface area contributed by atoms with E-state index in [9.17, 15) is 9.59 Å². The summed E-state index contributed by atoms with van der Waals surface area (Å²) in [5, 5.41) is 5.75. The van der Waals surface area contributed by atoms with Gasteiger partial charge in [-0.05, 0) is 44.2 Å². The van der Waals surface area contributed by atoms with Crippen LogP contribution in [0.5, 0.6) is 0 Å². The fraction of sp³-hybridized carbons (Fsp3) is 0.467. The van der Waals surface area contributed by atoms with Gasteiger partial charge in [0.1, 0.15) is 0 Å². The molecule has 1 saturated carbocycles. The van der Waals surface area contributed by atoms with Gasteiger partial charge in [-0.25, -0.2) is 4.79 Å². The third-order valence-electron chi connectivity index (χ3n) is 3.56. The number of hydrogen-bond acceptors (Lipinski definition) is 2. The van der Waals surface area contributed by atoms with Gasteiger partial charge in [-0.2, -0.15) is 0 Å². The molecule has 2 rings (SSSR count). The fourth-order valence-corrected chi connectivity index (χ4v) is 2.51. The largest absolute Gasteiger partial charge is 0.335 e. The van der Waals surface area contributed by atoms with Crippen LogP contribution < -0.4 is 10.6 Å². The molecule has 19 heavy (non-hydrogen) atoms. The quantitative estimate of drug-likeness (QED) is 0.820. The molecule has 0 radical (unpaired) electrons. The number of hydrogen-bond donors (Lipinski definition) is 2. The number of carbonyl (C=O) groups is 2. The van der Waals surface area contributed by atoms with Gasteiger partial charge in [-0.15, -0.1) is 0 Å². The standard InChI is InChI=1S/C15H20N2O2/c1-10-6-7-14(8-10)17-15(19)16-13-5-3-4-12(9-13)11(2)18/h3-5,9-10,14H,6-8H2,1-2H3,(H2,16,17,19). The summed E-state index contributed by atoms with van der Waals surface area (Å²) in [6, 6.07) is 7.06. The van der Waals surface area contributed by atoms with Crippen LogP contribution in [0.3, 0.4) is 0 Å². The van der Waals surface area contributed by atoms with Crippen LogP contribution in [0.15, 0.2) is 24.3 Å². The summed E-state index contributed by atoms with van der Waals surface area (Å²) in [6.07, 6.45) is 3.26. The highest BCUT2D eigenvalue weighted by molar-refractivity contribution is 5.96. The fourth-order valence-electron chi connectivity index (χ4n) is 2.51. The minimum Gasteiger partial charge on any atom is -0.335 e. The lowest BCUT2D eigenvalue weighted by molar-refractivity contribution is 0.101. The van der Waals surface area contributed by atoms with E-state index >= 15 is 0 Å². The van der Waals surface area contributed by atoms with Gasteiger partial charge in [-0.3, -0.25) is 4.79 Å². The number of Topliss-reactive ketones (excluding diaryl/α,β-unsaturated/α-hetero) is 1. The molecule has 1 aromatic rings. The molecule has 0 spiro atoms. The first kappa shape index (κ1) is 13.6. The van der Waals surface area contributed by atoms with Crippen molar-refractivity contribution in [2.24, 2.45) is 5.92 Å². The summed E-state index contributed by atoms with van der Waals surface area (Å²) >= 11 is 0. The number of ketones is 1. The van der Waals surface area contributed by atoms with Crippen LogP contribution in [0.1, 0.15) is 43.5 Å². The molecule has 1 aromatic carbocycles. The predicted molar refractivity (Wildman–Crippen MR) is 75.4 cm³/mol. The molecule has 1 aliphatic carbocycles. The van der Waals surface area contributed by atoms with E-state index < -0.39 is 0 Å². The zero-order chi connectivity index (χ0) is 13.8. The van der Waals surface area contributed by atoms with Crippen LogP contribution in [-0.4, -0.2) is 17.9 Å². The van der Waals surface area contributed by atoms with Gasteiger partial charge in [0.25, 0.3) is 0 Å². The molecule has 102 valence electrons. The lowest BCUT2D eigenvalue weighted by Gasteiger charge is -2.13. The SMILES string of the molecule is CC(=O)c1cccc(NC(=O)NC2CCC(C)C2)c1. The second kappa shape index (κ2) is 5.87. The Bertz CT molecular complexity index is 485. The highest BCUT2D eigenvalue weighted by atomic mass is 16.2. The molecule has 0 bridgehead atoms. The third kappa shape index (κ3) is 3.81. The van der Waals surface area contributed by atoms with Crippen molar-refractivity contribution in [3.63, 3.8) is 0 Å². The first-order valence-electron chi connectivity index (χ1n) is 6.73. The summed E-state index contributed by atoms with van der Waals surface area (Å²) < 4.78 is 0. The van der Waals surface area contributed by atoms with E-state index in [1.807, 2.05) is 0 Å². The van der Waals surface area contributed by atoms with Gasteiger partial charge in [0.15, 0.2) is 5.78 Å². The summed E-state index contributed by atoms with van der Waals surface area (Å²) in [4.78, 5) is 23.1. The molecule has 0 aliphatic heterocycles. The van der Waals surface area contributed by atoms with E-state index in [-0.39, 0.29) is 17.9 Å². The molecule has 2 unspecified atom stereocenters. The molecule has 4 nitrogen and oxygen atoms in total. The van der Waals surface area contributed by atoms with Gasteiger partial charge >= 0.3 is 6.03 Å². The maximum Gasteiger partial charge on any atom is 0.319 e. The summed E-state index contributed by atoms with van der Waals surface area (Å²) in [7, 11) is 0. The molecule has 0 heterocycles. The number of carbonyl (C=O) groups excluding carboxylic acids is 2. The van der Waals surface area contributed by atoms with Crippen LogP contribution in [0.25, 0.3) is 0 Å². The van der Waals surface area contributed by atoms with Crippen LogP contribution in [0, 0.1) is 5.92 Å². The van der Waals surface area contributed by atoms with Crippen LogP contribution in [0.4, 0.5) is 10.5 Å². The van der Waals surface area contributed by atoms with E-state index in [4.69, 9.17) is 0 Å². The van der Waals surface area contributed by atoms with E-state index in [2.05, 4.69) is 17.6 Å². The van der Waals surface area contributed by atoms with Crippen molar-refractivity contribution in [2.75, 3.05) is 5.32 Å². The average molecular weight is 260 g/mol. The van der Waals surface area contributed by atoms with Crippen molar-refractivity contribution < 1.29 is 9.59 Å². The van der Waals surface area contributed by atoms with Crippen molar-refractivity contribution in [3.05, 3.63) is 29.8 Å². The van der Waals surface area contributed by atoms with Crippen molar-refractivity contribution in [1.29, 1.82) is 0 Å². The maximum absolute atomic E-state index is 11.8. The van der Waals surface area contributed by atoms with Crippen molar-refractivity contribution >= 4 is 17.5 Å².